The first-order valence-corrected chi connectivity index (χ1v) is 11.0. The minimum Gasteiger partial charge on any atom is -0.361 e. The number of fused-ring (bicyclic) bond motifs is 1. The van der Waals surface area contributed by atoms with Crippen molar-refractivity contribution in [3.63, 3.8) is 0 Å². The van der Waals surface area contributed by atoms with Crippen LogP contribution in [0.3, 0.4) is 0 Å². The molecule has 6 heteroatoms. The molecular weight excluding hydrogens is 408 g/mol. The summed E-state index contributed by atoms with van der Waals surface area (Å²) in [5.74, 6) is 0.532. The molecule has 0 unspecified atom stereocenters. The summed E-state index contributed by atoms with van der Waals surface area (Å²) in [7, 11) is 0. The highest BCUT2D eigenvalue weighted by atomic mass is 35.5. The average Bonchev–Trinajstić information content (AvgIpc) is 3.55. The van der Waals surface area contributed by atoms with E-state index >= 15 is 0 Å². The molecule has 0 radical (unpaired) electrons. The Bertz CT molecular complexity index is 1220. The predicted octanol–water partition coefficient (Wildman–Crippen LogP) is 5.37. The smallest absolute Gasteiger partial charge is 0.274 e. The van der Waals surface area contributed by atoms with Crippen molar-refractivity contribution in [3.8, 4) is 11.3 Å². The third-order valence-corrected chi connectivity index (χ3v) is 6.03. The molecule has 4 aromatic rings. The van der Waals surface area contributed by atoms with Crippen LogP contribution in [0, 0.1) is 5.92 Å². The van der Waals surface area contributed by atoms with Crippen molar-refractivity contribution in [2.24, 2.45) is 5.92 Å². The lowest BCUT2D eigenvalue weighted by Crippen LogP contribution is -2.35. The van der Waals surface area contributed by atoms with Crippen LogP contribution < -0.4 is 0 Å². The Balaban J connectivity index is 1.41. The Morgan fingerprint density at radius 1 is 1.10 bits per heavy atom. The molecule has 5 rings (SSSR count). The molecule has 1 aliphatic carbocycles. The van der Waals surface area contributed by atoms with Gasteiger partial charge in [-0.05, 0) is 42.9 Å². The van der Waals surface area contributed by atoms with E-state index in [-0.39, 0.29) is 5.91 Å². The molecule has 0 bridgehead atoms. The van der Waals surface area contributed by atoms with E-state index in [0.717, 1.165) is 29.4 Å². The molecule has 0 aliphatic heterocycles. The molecule has 2 aromatic heterocycles. The summed E-state index contributed by atoms with van der Waals surface area (Å²) in [4.78, 5) is 27.7. The normalized spacial score (nSPS) is 13.5. The number of hydrogen-bond acceptors (Lipinski definition) is 3. The van der Waals surface area contributed by atoms with Crippen LogP contribution in [0.5, 0.6) is 0 Å². The van der Waals surface area contributed by atoms with Crippen LogP contribution in [0.4, 0.5) is 0 Å². The second-order valence-electron chi connectivity index (χ2n) is 8.07. The summed E-state index contributed by atoms with van der Waals surface area (Å²) >= 11 is 6.11. The summed E-state index contributed by atoms with van der Waals surface area (Å²) in [6.45, 7) is 1.40. The molecule has 0 atom stereocenters. The van der Waals surface area contributed by atoms with E-state index in [1.807, 2.05) is 59.6 Å². The molecule has 156 valence electrons. The highest BCUT2D eigenvalue weighted by Crippen LogP contribution is 2.31. The number of amides is 1. The lowest BCUT2D eigenvalue weighted by atomic mass is 10.1. The van der Waals surface area contributed by atoms with Crippen LogP contribution in [0.1, 0.15) is 28.9 Å². The van der Waals surface area contributed by atoms with E-state index in [2.05, 4.69) is 15.0 Å². The van der Waals surface area contributed by atoms with Crippen molar-refractivity contribution < 1.29 is 4.79 Å². The van der Waals surface area contributed by atoms with Gasteiger partial charge in [0.25, 0.3) is 5.91 Å². The summed E-state index contributed by atoms with van der Waals surface area (Å²) in [5, 5.41) is 1.86. The fourth-order valence-corrected chi connectivity index (χ4v) is 4.13. The summed E-state index contributed by atoms with van der Waals surface area (Å²) < 4.78 is 0. The number of aromatic nitrogens is 3. The Morgan fingerprint density at radius 3 is 2.71 bits per heavy atom. The molecule has 2 heterocycles. The highest BCUT2D eigenvalue weighted by molar-refractivity contribution is 6.31. The monoisotopic (exact) mass is 430 g/mol. The van der Waals surface area contributed by atoms with E-state index in [4.69, 9.17) is 11.6 Å². The molecule has 2 aromatic carbocycles. The number of aromatic amines is 1. The zero-order valence-corrected chi connectivity index (χ0v) is 17.8. The average molecular weight is 431 g/mol. The Labute approximate surface area is 186 Å². The fourth-order valence-electron chi connectivity index (χ4n) is 3.96. The zero-order valence-electron chi connectivity index (χ0n) is 17.1. The van der Waals surface area contributed by atoms with Crippen molar-refractivity contribution >= 4 is 28.4 Å². The van der Waals surface area contributed by atoms with Crippen molar-refractivity contribution in [2.45, 2.75) is 19.3 Å². The molecule has 1 N–H and O–H groups in total. The van der Waals surface area contributed by atoms with Crippen LogP contribution in [-0.2, 0) is 6.42 Å². The molecule has 0 saturated heterocycles. The summed E-state index contributed by atoms with van der Waals surface area (Å²) in [6.07, 6.45) is 8.38. The van der Waals surface area contributed by atoms with E-state index in [1.165, 1.54) is 18.4 Å². The first-order chi connectivity index (χ1) is 15.2. The topological polar surface area (TPSA) is 61.9 Å². The quantitative estimate of drug-likeness (QED) is 0.428. The number of benzene rings is 2. The molecule has 0 spiro atoms. The Kier molecular flexibility index (Phi) is 5.43. The van der Waals surface area contributed by atoms with E-state index in [1.54, 1.807) is 12.4 Å². The minimum absolute atomic E-state index is 0.0539. The van der Waals surface area contributed by atoms with Crippen LogP contribution in [0.15, 0.2) is 67.1 Å². The Morgan fingerprint density at radius 2 is 1.90 bits per heavy atom. The lowest BCUT2D eigenvalue weighted by molar-refractivity contribution is 0.0744. The van der Waals surface area contributed by atoms with Crippen molar-refractivity contribution in [1.82, 2.24) is 19.9 Å². The van der Waals surface area contributed by atoms with Gasteiger partial charge >= 0.3 is 0 Å². The number of carbonyl (C=O) groups is 1. The molecule has 1 amide bonds. The van der Waals surface area contributed by atoms with Crippen LogP contribution >= 0.6 is 11.6 Å². The molecular formula is C25H23ClN4O. The van der Waals surface area contributed by atoms with Gasteiger partial charge in [-0.15, -0.1) is 0 Å². The molecule has 31 heavy (non-hydrogen) atoms. The van der Waals surface area contributed by atoms with Crippen molar-refractivity contribution in [3.05, 3.63) is 83.4 Å². The van der Waals surface area contributed by atoms with E-state index in [0.29, 0.717) is 28.9 Å². The minimum atomic E-state index is -0.0539. The van der Waals surface area contributed by atoms with Gasteiger partial charge in [0, 0.05) is 53.2 Å². The van der Waals surface area contributed by atoms with Crippen molar-refractivity contribution in [1.29, 1.82) is 0 Å². The largest absolute Gasteiger partial charge is 0.361 e. The van der Waals surface area contributed by atoms with Gasteiger partial charge in [0.1, 0.15) is 5.69 Å². The molecule has 5 nitrogen and oxygen atoms in total. The number of nitrogens with zero attached hydrogens (tertiary/aromatic N) is 3. The van der Waals surface area contributed by atoms with Crippen LogP contribution in [0.25, 0.3) is 22.2 Å². The van der Waals surface area contributed by atoms with Gasteiger partial charge in [-0.2, -0.15) is 0 Å². The van der Waals surface area contributed by atoms with Gasteiger partial charge in [-0.1, -0.05) is 48.0 Å². The van der Waals surface area contributed by atoms with Gasteiger partial charge in [0.2, 0.25) is 0 Å². The van der Waals surface area contributed by atoms with Gasteiger partial charge in [-0.25, -0.2) is 4.98 Å². The number of H-pyrrole nitrogens is 1. The maximum atomic E-state index is 13.6. The second kappa shape index (κ2) is 8.52. The van der Waals surface area contributed by atoms with Crippen molar-refractivity contribution in [2.75, 3.05) is 13.1 Å². The van der Waals surface area contributed by atoms with Crippen LogP contribution in [-0.4, -0.2) is 38.8 Å². The Hall–Kier alpha value is -3.18. The number of hydrogen-bond donors (Lipinski definition) is 1. The number of halogens is 1. The standard InChI is InChI=1S/C25H23ClN4O/c26-20-8-9-21-19(15-29-22(21)14-20)10-13-30(16-17-6-7-17)25(31)24-23(27-11-12-28-24)18-4-2-1-3-5-18/h1-5,8-9,11-12,14-15,17,29H,6-7,10,13,16H2. The van der Waals surface area contributed by atoms with Gasteiger partial charge in [0.15, 0.2) is 5.69 Å². The fraction of sp³-hybridized carbons (Fsp3) is 0.240. The van der Waals surface area contributed by atoms with Gasteiger partial charge in [-0.3, -0.25) is 9.78 Å². The predicted molar refractivity (Wildman–Crippen MR) is 123 cm³/mol. The second-order valence-corrected chi connectivity index (χ2v) is 8.50. The lowest BCUT2D eigenvalue weighted by Gasteiger charge is -2.23. The molecule has 1 aliphatic rings. The number of rotatable bonds is 7. The number of nitrogens with one attached hydrogen (secondary N) is 1. The third kappa shape index (κ3) is 4.32. The van der Waals surface area contributed by atoms with E-state index in [9.17, 15) is 4.79 Å². The summed E-state index contributed by atoms with van der Waals surface area (Å²) in [5.41, 5.74) is 4.15. The first-order valence-electron chi connectivity index (χ1n) is 10.6. The van der Waals surface area contributed by atoms with Gasteiger partial charge in [0.05, 0.1) is 0 Å². The highest BCUT2D eigenvalue weighted by Gasteiger charge is 2.29. The zero-order chi connectivity index (χ0) is 21.2. The molecule has 1 fully saturated rings. The third-order valence-electron chi connectivity index (χ3n) is 5.79. The SMILES string of the molecule is O=C(c1nccnc1-c1ccccc1)N(CCc1c[nH]c2cc(Cl)ccc12)CC1CC1. The first kappa shape index (κ1) is 19.8. The molecule has 1 saturated carbocycles. The van der Waals surface area contributed by atoms with Gasteiger partial charge < -0.3 is 9.88 Å². The maximum absolute atomic E-state index is 13.6. The maximum Gasteiger partial charge on any atom is 0.274 e. The van der Waals surface area contributed by atoms with E-state index < -0.39 is 0 Å². The summed E-state index contributed by atoms with van der Waals surface area (Å²) in [6, 6.07) is 15.6. The van der Waals surface area contributed by atoms with Crippen LogP contribution in [0.2, 0.25) is 5.02 Å². The number of carbonyl (C=O) groups excluding carboxylic acids is 1.